The van der Waals surface area contributed by atoms with Crippen molar-refractivity contribution in [3.63, 3.8) is 0 Å². The van der Waals surface area contributed by atoms with E-state index in [-0.39, 0.29) is 5.76 Å². The van der Waals surface area contributed by atoms with Gasteiger partial charge in [0.1, 0.15) is 18.3 Å². The number of ether oxygens (including phenoxy) is 1. The lowest BCUT2D eigenvalue weighted by Gasteiger charge is -2.27. The molecule has 3 atom stereocenters. The van der Waals surface area contributed by atoms with Crippen LogP contribution in [0.1, 0.15) is 6.92 Å². The third-order valence-electron chi connectivity index (χ3n) is 1.68. The molecule has 1 unspecified atom stereocenters. The van der Waals surface area contributed by atoms with Gasteiger partial charge in [-0.3, -0.25) is 0 Å². The molecule has 12 heavy (non-hydrogen) atoms. The lowest BCUT2D eigenvalue weighted by molar-refractivity contribution is -0.142. The zero-order valence-electron chi connectivity index (χ0n) is 6.47. The molecule has 1 aliphatic rings. The molecule has 5 heteroatoms. The number of hydrogen-bond acceptors (Lipinski definition) is 4. The van der Waals surface area contributed by atoms with Crippen LogP contribution in [0.2, 0.25) is 0 Å². The minimum Gasteiger partial charge on any atom is -0.481 e. The fourth-order valence-electron chi connectivity index (χ4n) is 0.962. The molecule has 0 saturated heterocycles. The normalized spacial score (nSPS) is 35.2. The summed E-state index contributed by atoms with van der Waals surface area (Å²) in [6.45, 7) is 1.49. The van der Waals surface area contributed by atoms with Crippen LogP contribution < -0.4 is 0 Å². The maximum absolute atomic E-state index is 10.4. The van der Waals surface area contributed by atoms with Crippen LogP contribution in [0, 0.1) is 0 Å². The quantitative estimate of drug-likeness (QED) is 0.479. The molecule has 0 aromatic heterocycles. The molecule has 1 aliphatic heterocycles. The van der Waals surface area contributed by atoms with Crippen molar-refractivity contribution in [2.45, 2.75) is 25.2 Å². The second kappa shape index (κ2) is 3.12. The van der Waals surface area contributed by atoms with Crippen LogP contribution in [-0.4, -0.2) is 39.6 Å². The minimum atomic E-state index is -1.24. The number of carboxylic acids is 1. The Balaban J connectivity index is 2.81. The Kier molecular flexibility index (Phi) is 2.35. The summed E-state index contributed by atoms with van der Waals surface area (Å²) in [5, 5.41) is 26.7. The number of carbonyl (C=O) groups is 1. The van der Waals surface area contributed by atoms with Gasteiger partial charge in [-0.2, -0.15) is 0 Å². The number of hydrogen-bond donors (Lipinski definition) is 3. The van der Waals surface area contributed by atoms with Crippen LogP contribution >= 0.6 is 0 Å². The zero-order chi connectivity index (χ0) is 9.30. The Hall–Kier alpha value is -1.07. The van der Waals surface area contributed by atoms with E-state index in [0.717, 1.165) is 6.08 Å². The zero-order valence-corrected chi connectivity index (χ0v) is 6.47. The van der Waals surface area contributed by atoms with Gasteiger partial charge in [-0.05, 0) is 13.0 Å². The first-order chi connectivity index (χ1) is 5.52. The smallest absolute Gasteiger partial charge is 0.370 e. The topological polar surface area (TPSA) is 87.0 Å². The van der Waals surface area contributed by atoms with Gasteiger partial charge < -0.3 is 20.1 Å². The van der Waals surface area contributed by atoms with E-state index in [1.54, 1.807) is 0 Å². The first-order valence-corrected chi connectivity index (χ1v) is 3.50. The molecular formula is C7H10O5. The van der Waals surface area contributed by atoms with Crippen molar-refractivity contribution in [3.8, 4) is 0 Å². The molecular weight excluding hydrogens is 164 g/mol. The highest BCUT2D eigenvalue weighted by Gasteiger charge is 2.31. The summed E-state index contributed by atoms with van der Waals surface area (Å²) in [6.07, 6.45) is -1.95. The Morgan fingerprint density at radius 3 is 2.58 bits per heavy atom. The van der Waals surface area contributed by atoms with E-state index in [9.17, 15) is 4.79 Å². The third kappa shape index (κ3) is 1.57. The van der Waals surface area contributed by atoms with Gasteiger partial charge in [-0.15, -0.1) is 0 Å². The Bertz CT molecular complexity index is 222. The van der Waals surface area contributed by atoms with E-state index in [1.165, 1.54) is 6.92 Å². The van der Waals surface area contributed by atoms with Gasteiger partial charge in [0.15, 0.2) is 0 Å². The van der Waals surface area contributed by atoms with Gasteiger partial charge in [-0.25, -0.2) is 4.79 Å². The predicted octanol–water partition coefficient (Wildman–Crippen LogP) is -0.905. The molecule has 0 radical (unpaired) electrons. The van der Waals surface area contributed by atoms with Gasteiger partial charge in [-0.1, -0.05) is 0 Å². The maximum Gasteiger partial charge on any atom is 0.370 e. The summed E-state index contributed by atoms with van der Waals surface area (Å²) in [4.78, 5) is 10.4. The van der Waals surface area contributed by atoms with Crippen molar-refractivity contribution >= 4 is 5.97 Å². The highest BCUT2D eigenvalue weighted by atomic mass is 16.5. The number of aliphatic hydroxyl groups excluding tert-OH is 2. The largest absolute Gasteiger partial charge is 0.481 e. The fourth-order valence-corrected chi connectivity index (χ4v) is 0.962. The van der Waals surface area contributed by atoms with Crippen molar-refractivity contribution in [2.75, 3.05) is 0 Å². The molecule has 5 nitrogen and oxygen atoms in total. The van der Waals surface area contributed by atoms with Crippen molar-refractivity contribution in [1.82, 2.24) is 0 Å². The Morgan fingerprint density at radius 1 is 1.58 bits per heavy atom. The standard InChI is InChI=1S/C7H10O5/c1-3-6(9)4(8)2-5(12-3)7(10)11/h2-4,6,8-9H,1H3,(H,10,11)/t3-,4?,6+/m0/s1. The van der Waals surface area contributed by atoms with Crippen molar-refractivity contribution in [2.24, 2.45) is 0 Å². The van der Waals surface area contributed by atoms with E-state index in [4.69, 9.17) is 20.1 Å². The van der Waals surface area contributed by atoms with Gasteiger partial charge in [0.2, 0.25) is 5.76 Å². The average Bonchev–Trinajstić information content (AvgIpc) is 1.99. The fraction of sp³-hybridized carbons (Fsp3) is 0.571. The molecule has 0 aliphatic carbocycles. The number of rotatable bonds is 1. The molecule has 0 aromatic carbocycles. The van der Waals surface area contributed by atoms with E-state index >= 15 is 0 Å². The molecule has 0 bridgehead atoms. The Morgan fingerprint density at radius 2 is 2.17 bits per heavy atom. The summed E-state index contributed by atoms with van der Waals surface area (Å²) in [6, 6.07) is 0. The molecule has 0 spiro atoms. The molecule has 1 heterocycles. The van der Waals surface area contributed by atoms with Crippen molar-refractivity contribution in [1.29, 1.82) is 0 Å². The van der Waals surface area contributed by atoms with Gasteiger partial charge in [0, 0.05) is 0 Å². The van der Waals surface area contributed by atoms with Gasteiger partial charge in [0.25, 0.3) is 0 Å². The molecule has 0 saturated carbocycles. The van der Waals surface area contributed by atoms with Crippen LogP contribution in [0.3, 0.4) is 0 Å². The van der Waals surface area contributed by atoms with E-state index in [0.29, 0.717) is 0 Å². The van der Waals surface area contributed by atoms with Crippen LogP contribution in [0.15, 0.2) is 11.8 Å². The SMILES string of the molecule is C[C@@H]1OC(C(=O)O)=CC(O)[C@@H]1O. The van der Waals surface area contributed by atoms with E-state index in [2.05, 4.69) is 0 Å². The van der Waals surface area contributed by atoms with Crippen LogP contribution in [-0.2, 0) is 9.53 Å². The van der Waals surface area contributed by atoms with E-state index in [1.807, 2.05) is 0 Å². The molecule has 68 valence electrons. The summed E-state index contributed by atoms with van der Waals surface area (Å²) < 4.78 is 4.78. The second-order valence-corrected chi connectivity index (χ2v) is 2.64. The molecule has 3 N–H and O–H groups in total. The highest BCUT2D eigenvalue weighted by Crippen LogP contribution is 2.17. The highest BCUT2D eigenvalue weighted by molar-refractivity contribution is 5.84. The van der Waals surface area contributed by atoms with Crippen molar-refractivity contribution in [3.05, 3.63) is 11.8 Å². The molecule has 0 amide bonds. The summed E-state index contributed by atoms with van der Waals surface area (Å²) in [5.74, 6) is -1.56. The summed E-state index contributed by atoms with van der Waals surface area (Å²) >= 11 is 0. The molecule has 1 rings (SSSR count). The average molecular weight is 174 g/mol. The number of carboxylic acid groups (broad SMARTS) is 1. The molecule has 0 aromatic rings. The van der Waals surface area contributed by atoms with Gasteiger partial charge >= 0.3 is 5.97 Å². The van der Waals surface area contributed by atoms with Gasteiger partial charge in [0.05, 0.1) is 0 Å². The maximum atomic E-state index is 10.4. The lowest BCUT2D eigenvalue weighted by Crippen LogP contribution is -2.40. The third-order valence-corrected chi connectivity index (χ3v) is 1.68. The summed E-state index contributed by atoms with van der Waals surface area (Å²) in [7, 11) is 0. The van der Waals surface area contributed by atoms with Crippen LogP contribution in [0.5, 0.6) is 0 Å². The van der Waals surface area contributed by atoms with Crippen LogP contribution in [0.25, 0.3) is 0 Å². The van der Waals surface area contributed by atoms with Crippen molar-refractivity contribution < 1.29 is 24.9 Å². The Labute approximate surface area is 68.9 Å². The predicted molar refractivity (Wildman–Crippen MR) is 38.3 cm³/mol. The second-order valence-electron chi connectivity index (χ2n) is 2.64. The first kappa shape index (κ1) is 9.02. The minimum absolute atomic E-state index is 0.319. The van der Waals surface area contributed by atoms with Crippen LogP contribution in [0.4, 0.5) is 0 Å². The number of aliphatic carboxylic acids is 1. The lowest BCUT2D eigenvalue weighted by atomic mass is 10.1. The van der Waals surface area contributed by atoms with E-state index < -0.39 is 24.3 Å². The number of aliphatic hydroxyl groups is 2. The first-order valence-electron chi connectivity index (χ1n) is 3.50. The summed E-state index contributed by atoms with van der Waals surface area (Å²) in [5.41, 5.74) is 0. The monoisotopic (exact) mass is 174 g/mol. The molecule has 0 fully saturated rings.